The van der Waals surface area contributed by atoms with Crippen molar-refractivity contribution in [1.29, 1.82) is 0 Å². The minimum absolute atomic E-state index is 0.115. The molecule has 1 N–H and O–H groups in total. The highest BCUT2D eigenvalue weighted by molar-refractivity contribution is 7.89. The van der Waals surface area contributed by atoms with Crippen molar-refractivity contribution in [1.82, 2.24) is 14.4 Å². The number of piperazine rings is 1. The molecule has 1 aromatic rings. The summed E-state index contributed by atoms with van der Waals surface area (Å²) in [7, 11) is -3.64. The maximum Gasteiger partial charge on any atom is 0.417 e. The molecule has 1 aliphatic rings. The molecule has 1 amide bonds. The number of amides is 1. The van der Waals surface area contributed by atoms with E-state index in [2.05, 4.69) is 4.98 Å². The number of alkyl halides is 3. The predicted octanol–water partition coefficient (Wildman–Crippen LogP) is 0.400. The lowest BCUT2D eigenvalue weighted by Gasteiger charge is -2.34. The van der Waals surface area contributed by atoms with Crippen LogP contribution >= 0.6 is 0 Å². The average Bonchev–Trinajstić information content (AvgIpc) is 2.59. The topological polar surface area (TPSA) is 94.0 Å². The minimum Gasteiger partial charge on any atom is -0.354 e. The van der Waals surface area contributed by atoms with E-state index in [1.165, 1.54) is 10.4 Å². The standard InChI is InChI=1S/C13H17F3N4O4S/c14-13(15,16)11-1-2-12(17-9-11)18-3-5-20(6-4-18)25(23,24)8-7-19(22)10-21/h1-2,9-10,22H,3-8H2. The van der Waals surface area contributed by atoms with E-state index in [1.807, 2.05) is 0 Å². The third kappa shape index (κ3) is 5.03. The Labute approximate surface area is 142 Å². The van der Waals surface area contributed by atoms with Gasteiger partial charge in [0.2, 0.25) is 16.4 Å². The van der Waals surface area contributed by atoms with E-state index in [0.717, 1.165) is 12.3 Å². The highest BCUT2D eigenvalue weighted by Gasteiger charge is 2.31. The third-order valence-electron chi connectivity index (χ3n) is 3.73. The summed E-state index contributed by atoms with van der Waals surface area (Å²) in [4.78, 5) is 15.7. The molecule has 2 heterocycles. The van der Waals surface area contributed by atoms with Crippen LogP contribution in [0.2, 0.25) is 0 Å². The van der Waals surface area contributed by atoms with E-state index in [-0.39, 0.29) is 44.2 Å². The Morgan fingerprint density at radius 2 is 1.88 bits per heavy atom. The summed E-state index contributed by atoms with van der Waals surface area (Å²) in [6.45, 7) is 0.476. The Morgan fingerprint density at radius 1 is 1.24 bits per heavy atom. The maximum absolute atomic E-state index is 12.5. The van der Waals surface area contributed by atoms with Gasteiger partial charge in [-0.1, -0.05) is 0 Å². The molecule has 8 nitrogen and oxygen atoms in total. The molecule has 0 bridgehead atoms. The normalized spacial score (nSPS) is 16.7. The van der Waals surface area contributed by atoms with Gasteiger partial charge >= 0.3 is 6.18 Å². The number of carbonyl (C=O) groups is 1. The zero-order chi connectivity index (χ0) is 18.7. The highest BCUT2D eigenvalue weighted by Crippen LogP contribution is 2.29. The van der Waals surface area contributed by atoms with Crippen molar-refractivity contribution in [2.75, 3.05) is 43.4 Å². The van der Waals surface area contributed by atoms with E-state index in [1.54, 1.807) is 4.90 Å². The quantitative estimate of drug-likeness (QED) is 0.435. The molecule has 0 aromatic carbocycles. The first-order valence-corrected chi connectivity index (χ1v) is 8.91. The van der Waals surface area contributed by atoms with Gasteiger partial charge < -0.3 is 4.90 Å². The van der Waals surface area contributed by atoms with E-state index in [9.17, 15) is 26.4 Å². The van der Waals surface area contributed by atoms with Crippen LogP contribution in [0.5, 0.6) is 0 Å². The number of hydrogen-bond donors (Lipinski definition) is 1. The van der Waals surface area contributed by atoms with Crippen molar-refractivity contribution in [3.8, 4) is 0 Å². The van der Waals surface area contributed by atoms with E-state index in [0.29, 0.717) is 5.82 Å². The first-order valence-electron chi connectivity index (χ1n) is 7.30. The second-order valence-electron chi connectivity index (χ2n) is 5.37. The number of nitrogens with zero attached hydrogens (tertiary/aromatic N) is 4. The molecule has 0 saturated carbocycles. The smallest absolute Gasteiger partial charge is 0.354 e. The molecule has 0 unspecified atom stereocenters. The van der Waals surface area contributed by atoms with Crippen molar-refractivity contribution < 1.29 is 31.6 Å². The first kappa shape index (κ1) is 19.4. The highest BCUT2D eigenvalue weighted by atomic mass is 32.2. The number of hydroxylamine groups is 2. The van der Waals surface area contributed by atoms with Gasteiger partial charge in [-0.05, 0) is 12.1 Å². The molecule has 25 heavy (non-hydrogen) atoms. The number of hydrogen-bond acceptors (Lipinski definition) is 6. The molecule has 0 spiro atoms. The largest absolute Gasteiger partial charge is 0.417 e. The van der Waals surface area contributed by atoms with Crippen molar-refractivity contribution in [2.45, 2.75) is 6.18 Å². The molecule has 1 aromatic heterocycles. The molecule has 1 saturated heterocycles. The summed E-state index contributed by atoms with van der Waals surface area (Å²) in [6, 6.07) is 2.18. The third-order valence-corrected chi connectivity index (χ3v) is 5.58. The van der Waals surface area contributed by atoms with Gasteiger partial charge in [-0.2, -0.15) is 17.5 Å². The van der Waals surface area contributed by atoms with Gasteiger partial charge in [0.05, 0.1) is 17.9 Å². The SMILES string of the molecule is O=CN(O)CCS(=O)(=O)N1CCN(c2ccc(C(F)(F)F)cn2)CC1. The lowest BCUT2D eigenvalue weighted by molar-refractivity contribution is -0.148. The number of aromatic nitrogens is 1. The fraction of sp³-hybridized carbons (Fsp3) is 0.538. The van der Waals surface area contributed by atoms with E-state index in [4.69, 9.17) is 5.21 Å². The van der Waals surface area contributed by atoms with Crippen LogP contribution in [0.25, 0.3) is 0 Å². The Balaban J connectivity index is 1.94. The van der Waals surface area contributed by atoms with Crippen LogP contribution < -0.4 is 4.90 Å². The van der Waals surface area contributed by atoms with Gasteiger partial charge in [0.15, 0.2) is 0 Å². The van der Waals surface area contributed by atoms with E-state index >= 15 is 0 Å². The minimum atomic E-state index is -4.46. The van der Waals surface area contributed by atoms with Gasteiger partial charge in [-0.15, -0.1) is 0 Å². The van der Waals surface area contributed by atoms with Crippen molar-refractivity contribution in [2.24, 2.45) is 0 Å². The molecule has 0 atom stereocenters. The monoisotopic (exact) mass is 382 g/mol. The number of carbonyl (C=O) groups excluding carboxylic acids is 1. The van der Waals surface area contributed by atoms with Gasteiger partial charge in [0.25, 0.3) is 0 Å². The van der Waals surface area contributed by atoms with Crippen LogP contribution in [0.3, 0.4) is 0 Å². The fourth-order valence-corrected chi connectivity index (χ4v) is 3.72. The Bertz CT molecular complexity index is 688. The van der Waals surface area contributed by atoms with Crippen molar-refractivity contribution in [3.63, 3.8) is 0 Å². The molecular weight excluding hydrogens is 365 g/mol. The number of rotatable bonds is 6. The average molecular weight is 382 g/mol. The molecule has 0 aliphatic carbocycles. The second-order valence-corrected chi connectivity index (χ2v) is 7.46. The zero-order valence-corrected chi connectivity index (χ0v) is 13.9. The molecule has 140 valence electrons. The Morgan fingerprint density at radius 3 is 2.36 bits per heavy atom. The number of halogens is 3. The van der Waals surface area contributed by atoms with Gasteiger partial charge in [-0.25, -0.2) is 18.5 Å². The summed E-state index contributed by atoms with van der Waals surface area (Å²) < 4.78 is 63.0. The van der Waals surface area contributed by atoms with Gasteiger partial charge in [-0.3, -0.25) is 10.0 Å². The fourth-order valence-electron chi connectivity index (χ4n) is 2.33. The zero-order valence-electron chi connectivity index (χ0n) is 13.1. The van der Waals surface area contributed by atoms with Crippen LogP contribution in [0.1, 0.15) is 5.56 Å². The van der Waals surface area contributed by atoms with Crippen LogP contribution in [0.4, 0.5) is 19.0 Å². The lowest BCUT2D eigenvalue weighted by Crippen LogP contribution is -2.50. The molecule has 12 heteroatoms. The first-order chi connectivity index (χ1) is 11.6. The summed E-state index contributed by atoms with van der Waals surface area (Å²) >= 11 is 0. The van der Waals surface area contributed by atoms with Crippen LogP contribution in [-0.2, 0) is 21.0 Å². The molecular formula is C13H17F3N4O4S. The maximum atomic E-state index is 12.5. The number of anilines is 1. The van der Waals surface area contributed by atoms with Crippen LogP contribution in [0, 0.1) is 0 Å². The molecule has 0 radical (unpaired) electrons. The van der Waals surface area contributed by atoms with Crippen molar-refractivity contribution >= 4 is 22.3 Å². The van der Waals surface area contributed by atoms with Gasteiger partial charge in [0, 0.05) is 32.4 Å². The molecule has 1 fully saturated rings. The van der Waals surface area contributed by atoms with E-state index < -0.39 is 27.5 Å². The predicted molar refractivity (Wildman–Crippen MR) is 81.4 cm³/mol. The summed E-state index contributed by atoms with van der Waals surface area (Å²) in [6.07, 6.45) is -3.60. The summed E-state index contributed by atoms with van der Waals surface area (Å²) in [5.74, 6) is -0.0756. The van der Waals surface area contributed by atoms with Gasteiger partial charge in [0.1, 0.15) is 5.82 Å². The van der Waals surface area contributed by atoms with Crippen LogP contribution in [0.15, 0.2) is 18.3 Å². The molecule has 1 aliphatic heterocycles. The number of sulfonamides is 1. The Hall–Kier alpha value is -1.92. The van der Waals surface area contributed by atoms with Crippen LogP contribution in [-0.4, -0.2) is 72.9 Å². The lowest BCUT2D eigenvalue weighted by atomic mass is 10.2. The second kappa shape index (κ2) is 7.54. The number of pyridine rings is 1. The molecule has 2 rings (SSSR count). The van der Waals surface area contributed by atoms with Crippen molar-refractivity contribution in [3.05, 3.63) is 23.9 Å². The summed E-state index contributed by atoms with van der Waals surface area (Å²) in [5, 5.41) is 9.23. The Kier molecular flexibility index (Phi) is 5.85. The summed E-state index contributed by atoms with van der Waals surface area (Å²) in [5.41, 5.74) is -0.846.